The van der Waals surface area contributed by atoms with Crippen LogP contribution >= 0.6 is 0 Å². The van der Waals surface area contributed by atoms with Gasteiger partial charge in [0, 0.05) is 5.69 Å². The Labute approximate surface area is 165 Å². The first-order valence-corrected chi connectivity index (χ1v) is 9.31. The van der Waals surface area contributed by atoms with Crippen molar-refractivity contribution in [1.82, 2.24) is 5.16 Å². The minimum atomic E-state index is -0.210. The molecule has 0 saturated heterocycles. The van der Waals surface area contributed by atoms with Crippen LogP contribution in [0.2, 0.25) is 0 Å². The Hall–Kier alpha value is -3.08. The summed E-state index contributed by atoms with van der Waals surface area (Å²) in [6.45, 7) is 10.5. The third-order valence-corrected chi connectivity index (χ3v) is 4.69. The first-order valence-electron chi connectivity index (χ1n) is 9.31. The monoisotopic (exact) mass is 378 g/mol. The number of para-hydroxylation sites is 1. The maximum absolute atomic E-state index is 12.8. The van der Waals surface area contributed by atoms with Crippen LogP contribution in [0.5, 0.6) is 5.75 Å². The van der Waals surface area contributed by atoms with E-state index in [0.717, 1.165) is 22.7 Å². The van der Waals surface area contributed by atoms with Gasteiger partial charge in [0.1, 0.15) is 18.1 Å². The number of aromatic nitrogens is 1. The highest BCUT2D eigenvalue weighted by Crippen LogP contribution is 2.25. The largest absolute Gasteiger partial charge is 0.488 e. The Bertz CT molecular complexity index is 947. The second-order valence-electron chi connectivity index (χ2n) is 7.87. The van der Waals surface area contributed by atoms with E-state index in [4.69, 9.17) is 9.26 Å². The molecule has 0 radical (unpaired) electrons. The lowest BCUT2D eigenvalue weighted by Crippen LogP contribution is -2.15. The molecule has 0 unspecified atom stereocenters. The van der Waals surface area contributed by atoms with Crippen molar-refractivity contribution in [1.29, 1.82) is 0 Å². The van der Waals surface area contributed by atoms with E-state index >= 15 is 0 Å². The van der Waals surface area contributed by atoms with Gasteiger partial charge in [-0.15, -0.1) is 0 Å². The van der Waals surface area contributed by atoms with Gasteiger partial charge in [0.15, 0.2) is 0 Å². The zero-order valence-corrected chi connectivity index (χ0v) is 17.0. The molecule has 1 N–H and O–H groups in total. The van der Waals surface area contributed by atoms with Crippen molar-refractivity contribution in [3.05, 3.63) is 76.7 Å². The number of anilines is 1. The first-order chi connectivity index (χ1) is 13.3. The topological polar surface area (TPSA) is 64.4 Å². The van der Waals surface area contributed by atoms with Gasteiger partial charge in [-0.1, -0.05) is 50.2 Å². The molecule has 1 aromatic heterocycles. The summed E-state index contributed by atoms with van der Waals surface area (Å²) in [6.07, 6.45) is 0. The van der Waals surface area contributed by atoms with Gasteiger partial charge in [0.2, 0.25) is 0 Å². The van der Waals surface area contributed by atoms with Crippen LogP contribution in [0.25, 0.3) is 0 Å². The van der Waals surface area contributed by atoms with Crippen LogP contribution in [0.15, 0.2) is 53.1 Å². The molecule has 0 atom stereocenters. The second kappa shape index (κ2) is 7.89. The van der Waals surface area contributed by atoms with E-state index in [9.17, 15) is 4.79 Å². The van der Waals surface area contributed by atoms with E-state index in [1.54, 1.807) is 12.1 Å². The molecule has 5 heteroatoms. The van der Waals surface area contributed by atoms with E-state index in [1.807, 2.05) is 50.2 Å². The lowest BCUT2D eigenvalue weighted by Gasteiger charge is -2.19. The summed E-state index contributed by atoms with van der Waals surface area (Å²) in [5.74, 6) is 1.03. The number of hydrogen-bond donors (Lipinski definition) is 1. The smallest absolute Gasteiger partial charge is 0.259 e. The third-order valence-electron chi connectivity index (χ3n) is 4.69. The number of hydrogen-bond acceptors (Lipinski definition) is 4. The van der Waals surface area contributed by atoms with Gasteiger partial charge < -0.3 is 14.6 Å². The fourth-order valence-electron chi connectivity index (χ4n) is 2.89. The van der Waals surface area contributed by atoms with Crippen molar-refractivity contribution < 1.29 is 14.1 Å². The van der Waals surface area contributed by atoms with Crippen LogP contribution in [-0.2, 0) is 12.0 Å². The summed E-state index contributed by atoms with van der Waals surface area (Å²) in [5.41, 5.74) is 4.20. The summed E-state index contributed by atoms with van der Waals surface area (Å²) in [6, 6.07) is 15.1. The number of nitrogens with zero attached hydrogens (tertiary/aromatic N) is 1. The quantitative estimate of drug-likeness (QED) is 0.644. The molecule has 0 aliphatic rings. The zero-order chi connectivity index (χ0) is 20.3. The van der Waals surface area contributed by atoms with Gasteiger partial charge in [-0.25, -0.2) is 0 Å². The van der Waals surface area contributed by atoms with Gasteiger partial charge in [-0.3, -0.25) is 4.79 Å². The number of rotatable bonds is 5. The van der Waals surface area contributed by atoms with Crippen LogP contribution in [0.3, 0.4) is 0 Å². The average molecular weight is 378 g/mol. The van der Waals surface area contributed by atoms with Gasteiger partial charge in [0.25, 0.3) is 5.91 Å². The zero-order valence-electron chi connectivity index (χ0n) is 17.0. The van der Waals surface area contributed by atoms with Gasteiger partial charge in [-0.05, 0) is 49.1 Å². The predicted octanol–water partition coefficient (Wildman–Crippen LogP) is 5.42. The molecular weight excluding hydrogens is 352 g/mol. The van der Waals surface area contributed by atoms with Crippen LogP contribution in [0, 0.1) is 13.8 Å². The highest BCUT2D eigenvalue weighted by molar-refractivity contribution is 6.06. The number of carbonyl (C=O) groups is 1. The maximum atomic E-state index is 12.8. The SMILES string of the molecule is Cc1noc(C)c1COc1ccccc1C(=O)Nc1ccc(C(C)(C)C)cc1. The molecule has 1 heterocycles. The van der Waals surface area contributed by atoms with E-state index < -0.39 is 0 Å². The fourth-order valence-corrected chi connectivity index (χ4v) is 2.89. The first kappa shape index (κ1) is 19.7. The fraction of sp³-hybridized carbons (Fsp3) is 0.304. The normalized spacial score (nSPS) is 11.3. The average Bonchev–Trinajstić information content (AvgIpc) is 2.98. The Morgan fingerprint density at radius 2 is 1.75 bits per heavy atom. The summed E-state index contributed by atoms with van der Waals surface area (Å²) < 4.78 is 11.1. The van der Waals surface area contributed by atoms with Crippen molar-refractivity contribution >= 4 is 11.6 Å². The molecule has 0 spiro atoms. The molecule has 3 aromatic rings. The molecule has 3 rings (SSSR count). The van der Waals surface area contributed by atoms with Crippen LogP contribution in [-0.4, -0.2) is 11.1 Å². The highest BCUT2D eigenvalue weighted by Gasteiger charge is 2.16. The maximum Gasteiger partial charge on any atom is 0.259 e. The van der Waals surface area contributed by atoms with Crippen LogP contribution in [0.1, 0.15) is 53.7 Å². The lowest BCUT2D eigenvalue weighted by atomic mass is 9.87. The minimum Gasteiger partial charge on any atom is -0.488 e. The number of benzene rings is 2. The van der Waals surface area contributed by atoms with E-state index in [-0.39, 0.29) is 11.3 Å². The number of amides is 1. The molecule has 1 amide bonds. The molecular formula is C23H26N2O3. The van der Waals surface area contributed by atoms with Crippen molar-refractivity contribution in [2.45, 2.75) is 46.6 Å². The lowest BCUT2D eigenvalue weighted by molar-refractivity contribution is 0.102. The molecule has 0 fully saturated rings. The minimum absolute atomic E-state index is 0.0706. The van der Waals surface area contributed by atoms with Gasteiger partial charge in [0.05, 0.1) is 16.8 Å². The van der Waals surface area contributed by atoms with Crippen molar-refractivity contribution in [2.24, 2.45) is 0 Å². The van der Waals surface area contributed by atoms with Crippen molar-refractivity contribution in [3.63, 3.8) is 0 Å². The molecule has 0 bridgehead atoms. The summed E-state index contributed by atoms with van der Waals surface area (Å²) in [5, 5.41) is 6.88. The van der Waals surface area contributed by atoms with Crippen molar-refractivity contribution in [3.8, 4) is 5.75 Å². The van der Waals surface area contributed by atoms with E-state index in [2.05, 4.69) is 31.2 Å². The van der Waals surface area contributed by atoms with E-state index in [0.29, 0.717) is 17.9 Å². The Kier molecular flexibility index (Phi) is 5.54. The Balaban J connectivity index is 1.74. The van der Waals surface area contributed by atoms with Crippen molar-refractivity contribution in [2.75, 3.05) is 5.32 Å². The molecule has 5 nitrogen and oxygen atoms in total. The van der Waals surface area contributed by atoms with Gasteiger partial charge >= 0.3 is 0 Å². The second-order valence-corrected chi connectivity index (χ2v) is 7.87. The van der Waals surface area contributed by atoms with Crippen LogP contribution < -0.4 is 10.1 Å². The number of ether oxygens (including phenoxy) is 1. The number of aryl methyl sites for hydroxylation is 2. The standard InChI is InChI=1S/C23H26N2O3/c1-15-20(16(2)28-25-15)14-27-21-9-7-6-8-19(21)22(26)24-18-12-10-17(11-13-18)23(3,4)5/h6-13H,14H2,1-5H3,(H,24,26). The summed E-state index contributed by atoms with van der Waals surface area (Å²) in [7, 11) is 0. The summed E-state index contributed by atoms with van der Waals surface area (Å²) >= 11 is 0. The van der Waals surface area contributed by atoms with E-state index in [1.165, 1.54) is 5.56 Å². The Morgan fingerprint density at radius 1 is 1.07 bits per heavy atom. The molecule has 0 aliphatic heterocycles. The van der Waals surface area contributed by atoms with Gasteiger partial charge in [-0.2, -0.15) is 0 Å². The number of nitrogens with one attached hydrogen (secondary N) is 1. The predicted molar refractivity (Wildman–Crippen MR) is 110 cm³/mol. The number of carbonyl (C=O) groups excluding carboxylic acids is 1. The summed E-state index contributed by atoms with van der Waals surface area (Å²) in [4.78, 5) is 12.8. The third kappa shape index (κ3) is 4.42. The molecule has 2 aromatic carbocycles. The molecule has 28 heavy (non-hydrogen) atoms. The molecule has 0 aliphatic carbocycles. The van der Waals surface area contributed by atoms with Crippen LogP contribution in [0.4, 0.5) is 5.69 Å². The Morgan fingerprint density at radius 3 is 2.36 bits per heavy atom. The molecule has 0 saturated carbocycles. The molecule has 146 valence electrons. The highest BCUT2D eigenvalue weighted by atomic mass is 16.5.